The van der Waals surface area contributed by atoms with E-state index in [0.717, 1.165) is 29.6 Å². The second kappa shape index (κ2) is 2.90. The molecule has 0 nitrogen and oxygen atoms in total. The van der Waals surface area contributed by atoms with E-state index >= 15 is 0 Å². The Morgan fingerprint density at radius 1 is 1.27 bits per heavy atom. The smallest absolute Gasteiger partial charge is 0.0172 e. The Hall–Kier alpha value is -0.260. The molecule has 0 aliphatic heterocycles. The van der Waals surface area contributed by atoms with Gasteiger partial charge in [-0.3, -0.25) is 0 Å². The predicted octanol–water partition coefficient (Wildman–Crippen LogP) is 4.27. The normalized spacial score (nSPS) is 51.5. The molecule has 2 fully saturated rings. The van der Waals surface area contributed by atoms with Gasteiger partial charge in [0.2, 0.25) is 0 Å². The third-order valence-corrected chi connectivity index (χ3v) is 5.89. The molecule has 5 atom stereocenters. The van der Waals surface area contributed by atoms with Gasteiger partial charge in [-0.1, -0.05) is 32.4 Å². The van der Waals surface area contributed by atoms with Crippen LogP contribution in [0.3, 0.4) is 0 Å². The van der Waals surface area contributed by atoms with E-state index in [-0.39, 0.29) is 0 Å². The third kappa shape index (κ3) is 1.20. The molecule has 0 saturated heterocycles. The fraction of sp³-hybridized carbons (Fsp3) is 0.867. The molecular formula is C15H24. The second-order valence-electron chi connectivity index (χ2n) is 6.88. The summed E-state index contributed by atoms with van der Waals surface area (Å²) >= 11 is 0. The number of fused-ring (bicyclic) bond motifs is 3. The minimum atomic E-state index is 0.652. The molecule has 0 heterocycles. The summed E-state index contributed by atoms with van der Waals surface area (Å²) in [6, 6.07) is 0. The Morgan fingerprint density at radius 3 is 2.73 bits per heavy atom. The molecule has 0 bridgehead atoms. The third-order valence-electron chi connectivity index (χ3n) is 5.89. The Morgan fingerprint density at radius 2 is 2.00 bits per heavy atom. The van der Waals surface area contributed by atoms with E-state index in [0.29, 0.717) is 5.41 Å². The van der Waals surface area contributed by atoms with Crippen molar-refractivity contribution in [3.8, 4) is 0 Å². The maximum atomic E-state index is 2.56. The van der Waals surface area contributed by atoms with Crippen LogP contribution in [-0.4, -0.2) is 0 Å². The van der Waals surface area contributed by atoms with Crippen molar-refractivity contribution in [2.75, 3.05) is 0 Å². The largest absolute Gasteiger partial charge is 0.0850 e. The lowest BCUT2D eigenvalue weighted by molar-refractivity contribution is 0.279. The van der Waals surface area contributed by atoms with Gasteiger partial charge in [0.05, 0.1) is 0 Å². The molecule has 0 N–H and O–H groups in total. The maximum absolute atomic E-state index is 2.56. The lowest BCUT2D eigenvalue weighted by Gasteiger charge is -2.25. The number of hydrogen-bond acceptors (Lipinski definition) is 0. The van der Waals surface area contributed by atoms with Crippen LogP contribution >= 0.6 is 0 Å². The van der Waals surface area contributed by atoms with Gasteiger partial charge in [0, 0.05) is 0 Å². The first-order valence-corrected chi connectivity index (χ1v) is 6.70. The first-order chi connectivity index (χ1) is 7.03. The van der Waals surface area contributed by atoms with Gasteiger partial charge < -0.3 is 0 Å². The van der Waals surface area contributed by atoms with Crippen LogP contribution in [0.4, 0.5) is 0 Å². The first-order valence-electron chi connectivity index (χ1n) is 6.70. The minimum absolute atomic E-state index is 0.652. The summed E-state index contributed by atoms with van der Waals surface area (Å²) in [5.74, 6) is 4.97. The second-order valence-corrected chi connectivity index (χ2v) is 6.88. The van der Waals surface area contributed by atoms with E-state index in [1.54, 1.807) is 5.57 Å². The summed E-state index contributed by atoms with van der Waals surface area (Å²) in [6.45, 7) is 9.88. The van der Waals surface area contributed by atoms with Crippen LogP contribution < -0.4 is 0 Å². The van der Waals surface area contributed by atoms with Gasteiger partial charge >= 0.3 is 0 Å². The Bertz CT molecular complexity index is 310. The summed E-state index contributed by atoms with van der Waals surface area (Å²) in [6.07, 6.45) is 6.87. The highest BCUT2D eigenvalue weighted by Gasteiger charge is 2.63. The average Bonchev–Trinajstić information content (AvgIpc) is 2.55. The Kier molecular flexibility index (Phi) is 1.92. The van der Waals surface area contributed by atoms with Crippen LogP contribution in [0.5, 0.6) is 0 Å². The van der Waals surface area contributed by atoms with Crippen LogP contribution in [0.25, 0.3) is 0 Å². The van der Waals surface area contributed by atoms with Gasteiger partial charge in [0.1, 0.15) is 0 Å². The molecular weight excluding hydrogens is 180 g/mol. The molecule has 0 aromatic heterocycles. The van der Waals surface area contributed by atoms with Gasteiger partial charge in [0.25, 0.3) is 0 Å². The first kappa shape index (κ1) is 9.93. The summed E-state index contributed by atoms with van der Waals surface area (Å²) in [5.41, 5.74) is 2.37. The molecule has 84 valence electrons. The monoisotopic (exact) mass is 204 g/mol. The zero-order chi connectivity index (χ0) is 10.8. The topological polar surface area (TPSA) is 0 Å². The van der Waals surface area contributed by atoms with Crippen LogP contribution in [0.2, 0.25) is 0 Å². The van der Waals surface area contributed by atoms with Crippen LogP contribution in [0.1, 0.15) is 47.0 Å². The quantitative estimate of drug-likeness (QED) is 0.517. The van der Waals surface area contributed by atoms with Crippen molar-refractivity contribution in [3.63, 3.8) is 0 Å². The molecule has 0 spiro atoms. The molecule has 0 heteroatoms. The van der Waals surface area contributed by atoms with Crippen molar-refractivity contribution in [1.82, 2.24) is 0 Å². The SMILES string of the molecule is CC1=CC[C@H]2[C@H]([C@H]3[C@@H]1CC[C@@H]3C)C2(C)C. The maximum Gasteiger partial charge on any atom is -0.0172 e. The highest BCUT2D eigenvalue weighted by atomic mass is 14.7. The van der Waals surface area contributed by atoms with Crippen LogP contribution in [0.15, 0.2) is 11.6 Å². The van der Waals surface area contributed by atoms with E-state index in [1.165, 1.54) is 19.3 Å². The van der Waals surface area contributed by atoms with Crippen LogP contribution in [-0.2, 0) is 0 Å². The molecule has 0 radical (unpaired) electrons. The van der Waals surface area contributed by atoms with Crippen molar-refractivity contribution in [2.24, 2.45) is 35.0 Å². The van der Waals surface area contributed by atoms with Gasteiger partial charge in [0.15, 0.2) is 0 Å². The molecule has 0 aromatic rings. The van der Waals surface area contributed by atoms with Crippen molar-refractivity contribution in [3.05, 3.63) is 11.6 Å². The lowest BCUT2D eigenvalue weighted by atomic mass is 9.80. The average molecular weight is 204 g/mol. The molecule has 0 amide bonds. The van der Waals surface area contributed by atoms with Gasteiger partial charge in [-0.25, -0.2) is 0 Å². The van der Waals surface area contributed by atoms with Gasteiger partial charge in [-0.15, -0.1) is 0 Å². The number of hydrogen-bond donors (Lipinski definition) is 0. The lowest BCUT2D eigenvalue weighted by Crippen LogP contribution is -2.18. The standard InChI is InChI=1S/C15H24/c1-9-6-8-12-14(15(12,3)4)13-10(2)5-7-11(9)13/h6,10-14H,5,7-8H2,1-4H3/t10-,11+,12-,13+,14+/m0/s1. The highest BCUT2D eigenvalue weighted by Crippen LogP contribution is 2.69. The molecule has 15 heavy (non-hydrogen) atoms. The van der Waals surface area contributed by atoms with Crippen LogP contribution in [0, 0.1) is 35.0 Å². The fourth-order valence-corrected chi connectivity index (χ4v) is 4.82. The zero-order valence-corrected chi connectivity index (χ0v) is 10.6. The fourth-order valence-electron chi connectivity index (χ4n) is 4.82. The number of rotatable bonds is 0. The van der Waals surface area contributed by atoms with Crippen molar-refractivity contribution < 1.29 is 0 Å². The number of allylic oxidation sites excluding steroid dienone is 2. The van der Waals surface area contributed by atoms with Crippen molar-refractivity contribution in [1.29, 1.82) is 0 Å². The van der Waals surface area contributed by atoms with Crippen molar-refractivity contribution in [2.45, 2.75) is 47.0 Å². The molecule has 3 aliphatic carbocycles. The summed E-state index contributed by atoms with van der Waals surface area (Å²) < 4.78 is 0. The molecule has 3 aliphatic rings. The molecule has 0 unspecified atom stereocenters. The summed E-state index contributed by atoms with van der Waals surface area (Å²) in [5, 5.41) is 0. The predicted molar refractivity (Wildman–Crippen MR) is 64.5 cm³/mol. The molecule has 3 rings (SSSR count). The van der Waals surface area contributed by atoms with E-state index in [4.69, 9.17) is 0 Å². The zero-order valence-electron chi connectivity index (χ0n) is 10.6. The summed E-state index contributed by atoms with van der Waals surface area (Å²) in [7, 11) is 0. The highest BCUT2D eigenvalue weighted by molar-refractivity contribution is 5.22. The molecule has 0 aromatic carbocycles. The van der Waals surface area contributed by atoms with Crippen molar-refractivity contribution >= 4 is 0 Å². The van der Waals surface area contributed by atoms with E-state index in [1.807, 2.05) is 0 Å². The van der Waals surface area contributed by atoms with Gasteiger partial charge in [-0.05, 0) is 61.2 Å². The Balaban J connectivity index is 1.96. The van der Waals surface area contributed by atoms with Gasteiger partial charge in [-0.2, -0.15) is 0 Å². The van der Waals surface area contributed by atoms with E-state index < -0.39 is 0 Å². The van der Waals surface area contributed by atoms with E-state index in [2.05, 4.69) is 33.8 Å². The van der Waals surface area contributed by atoms with E-state index in [9.17, 15) is 0 Å². The minimum Gasteiger partial charge on any atom is -0.0850 e. The molecule has 2 saturated carbocycles. The Labute approximate surface area is 94.1 Å². The summed E-state index contributed by atoms with van der Waals surface area (Å²) in [4.78, 5) is 0.